The van der Waals surface area contributed by atoms with Crippen LogP contribution in [0.4, 0.5) is 0 Å². The summed E-state index contributed by atoms with van der Waals surface area (Å²) in [4.78, 5) is 0. The highest BCUT2D eigenvalue weighted by atomic mass is 16.6. The topological polar surface area (TPSA) is 60.7 Å². The van der Waals surface area contributed by atoms with Crippen molar-refractivity contribution in [2.75, 3.05) is 13.2 Å². The van der Waals surface area contributed by atoms with Gasteiger partial charge in [-0.2, -0.15) is 5.26 Å². The maximum absolute atomic E-state index is 9.42. The minimum Gasteiger partial charge on any atom is -0.374 e. The summed E-state index contributed by atoms with van der Waals surface area (Å²) in [5, 5.41) is 9.42. The molecule has 176 valence electrons. The zero-order valence-corrected chi connectivity index (χ0v) is 19.3. The lowest BCUT2D eigenvalue weighted by molar-refractivity contribution is -0.218. The van der Waals surface area contributed by atoms with Gasteiger partial charge in [-0.3, -0.25) is 0 Å². The summed E-state index contributed by atoms with van der Waals surface area (Å²) in [6, 6.07) is 32.5. The number of rotatable bonds is 11. The Bertz CT molecular complexity index is 1010. The number of hydrogen-bond donors (Lipinski definition) is 0. The maximum Gasteiger partial charge on any atom is 0.113 e. The molecule has 1 aliphatic heterocycles. The van der Waals surface area contributed by atoms with E-state index >= 15 is 0 Å². The lowest BCUT2D eigenvalue weighted by Gasteiger charge is -2.42. The SMILES string of the molecule is N#CC[C@@H]1CO[C@H](COCc2ccccc2)[C@H](OCc2ccccc2)[C@@H]1OCc1ccccc1. The Morgan fingerprint density at radius 3 is 1.74 bits per heavy atom. The van der Waals surface area contributed by atoms with Crippen molar-refractivity contribution in [2.24, 2.45) is 5.92 Å². The summed E-state index contributed by atoms with van der Waals surface area (Å²) in [7, 11) is 0. The number of ether oxygens (including phenoxy) is 4. The number of nitriles is 1. The Kier molecular flexibility index (Phi) is 9.24. The molecule has 3 aromatic carbocycles. The van der Waals surface area contributed by atoms with Gasteiger partial charge in [0, 0.05) is 12.3 Å². The Morgan fingerprint density at radius 2 is 1.21 bits per heavy atom. The van der Waals surface area contributed by atoms with Crippen LogP contribution in [0.1, 0.15) is 23.1 Å². The molecule has 3 aromatic rings. The molecule has 0 aliphatic carbocycles. The van der Waals surface area contributed by atoms with Gasteiger partial charge in [0.25, 0.3) is 0 Å². The highest BCUT2D eigenvalue weighted by Gasteiger charge is 2.42. The van der Waals surface area contributed by atoms with Gasteiger partial charge in [-0.05, 0) is 16.7 Å². The summed E-state index contributed by atoms with van der Waals surface area (Å²) in [6.45, 7) is 2.23. The Hall–Kier alpha value is -3.01. The van der Waals surface area contributed by atoms with E-state index in [1.165, 1.54) is 0 Å². The number of hydrogen-bond acceptors (Lipinski definition) is 5. The molecule has 4 rings (SSSR count). The first-order valence-electron chi connectivity index (χ1n) is 11.7. The molecule has 0 bridgehead atoms. The van der Waals surface area contributed by atoms with E-state index < -0.39 is 0 Å². The second-order valence-electron chi connectivity index (χ2n) is 8.52. The summed E-state index contributed by atoms with van der Waals surface area (Å²) < 4.78 is 25.0. The van der Waals surface area contributed by atoms with Crippen molar-refractivity contribution in [3.63, 3.8) is 0 Å². The summed E-state index contributed by atoms with van der Waals surface area (Å²) >= 11 is 0. The van der Waals surface area contributed by atoms with Crippen LogP contribution in [0.5, 0.6) is 0 Å². The molecular formula is C29H31NO4. The minimum atomic E-state index is -0.355. The third kappa shape index (κ3) is 6.99. The largest absolute Gasteiger partial charge is 0.374 e. The van der Waals surface area contributed by atoms with E-state index in [4.69, 9.17) is 18.9 Å². The van der Waals surface area contributed by atoms with Gasteiger partial charge < -0.3 is 18.9 Å². The van der Waals surface area contributed by atoms with Crippen LogP contribution in [-0.4, -0.2) is 31.5 Å². The molecule has 4 atom stereocenters. The van der Waals surface area contributed by atoms with Crippen LogP contribution in [-0.2, 0) is 38.8 Å². The van der Waals surface area contributed by atoms with E-state index in [1.54, 1.807) is 0 Å². The summed E-state index contributed by atoms with van der Waals surface area (Å²) in [5.41, 5.74) is 3.28. The van der Waals surface area contributed by atoms with E-state index in [1.807, 2.05) is 91.0 Å². The Labute approximate surface area is 201 Å². The van der Waals surface area contributed by atoms with Crippen molar-refractivity contribution in [2.45, 2.75) is 44.6 Å². The predicted octanol–water partition coefficient (Wildman–Crippen LogP) is 5.30. The molecule has 1 saturated heterocycles. The first-order valence-corrected chi connectivity index (χ1v) is 11.7. The van der Waals surface area contributed by atoms with E-state index in [-0.39, 0.29) is 24.2 Å². The fraction of sp³-hybridized carbons (Fsp3) is 0.345. The van der Waals surface area contributed by atoms with Crippen LogP contribution >= 0.6 is 0 Å². The van der Waals surface area contributed by atoms with Crippen LogP contribution in [0, 0.1) is 17.2 Å². The van der Waals surface area contributed by atoms with Gasteiger partial charge in [0.15, 0.2) is 0 Å². The van der Waals surface area contributed by atoms with Gasteiger partial charge in [0.1, 0.15) is 12.2 Å². The van der Waals surface area contributed by atoms with Gasteiger partial charge in [-0.15, -0.1) is 0 Å². The second-order valence-corrected chi connectivity index (χ2v) is 8.52. The molecule has 0 N–H and O–H groups in total. The minimum absolute atomic E-state index is 0.0696. The zero-order valence-electron chi connectivity index (χ0n) is 19.3. The van der Waals surface area contributed by atoms with Crippen LogP contribution in [0.3, 0.4) is 0 Å². The number of benzene rings is 3. The first kappa shape index (κ1) is 24.1. The van der Waals surface area contributed by atoms with Gasteiger partial charge in [-0.25, -0.2) is 0 Å². The standard InChI is InChI=1S/C29H31NO4/c30-17-16-26-21-32-27(22-31-18-23-10-4-1-5-11-23)29(34-20-25-14-8-3-9-15-25)28(26)33-19-24-12-6-2-7-13-24/h1-15,26-29H,16,18-22H2/t26-,27-,28-,29+/m1/s1. The van der Waals surface area contributed by atoms with Crippen molar-refractivity contribution >= 4 is 0 Å². The van der Waals surface area contributed by atoms with E-state index in [2.05, 4.69) is 6.07 Å². The third-order valence-corrected chi connectivity index (χ3v) is 6.00. The van der Waals surface area contributed by atoms with Crippen LogP contribution in [0.15, 0.2) is 91.0 Å². The van der Waals surface area contributed by atoms with Crippen molar-refractivity contribution < 1.29 is 18.9 Å². The molecule has 0 saturated carbocycles. The maximum atomic E-state index is 9.42. The molecule has 1 heterocycles. The van der Waals surface area contributed by atoms with Crippen LogP contribution < -0.4 is 0 Å². The lowest BCUT2D eigenvalue weighted by atomic mass is 9.89. The van der Waals surface area contributed by atoms with Crippen molar-refractivity contribution in [3.8, 4) is 6.07 Å². The van der Waals surface area contributed by atoms with Gasteiger partial charge >= 0.3 is 0 Å². The quantitative estimate of drug-likeness (QED) is 0.391. The predicted molar refractivity (Wildman–Crippen MR) is 130 cm³/mol. The molecule has 0 radical (unpaired) electrons. The normalized spacial score (nSPS) is 22.2. The van der Waals surface area contributed by atoms with Gasteiger partial charge in [0.2, 0.25) is 0 Å². The molecule has 1 fully saturated rings. The molecule has 5 heteroatoms. The average Bonchev–Trinajstić information content (AvgIpc) is 2.89. The summed E-state index contributed by atoms with van der Waals surface area (Å²) in [6.07, 6.45) is -0.569. The smallest absolute Gasteiger partial charge is 0.113 e. The first-order chi connectivity index (χ1) is 16.8. The van der Waals surface area contributed by atoms with Gasteiger partial charge in [-0.1, -0.05) is 91.0 Å². The Morgan fingerprint density at radius 1 is 0.706 bits per heavy atom. The fourth-order valence-electron chi connectivity index (χ4n) is 4.19. The van der Waals surface area contributed by atoms with Crippen LogP contribution in [0.2, 0.25) is 0 Å². The monoisotopic (exact) mass is 457 g/mol. The van der Waals surface area contributed by atoms with E-state index in [0.29, 0.717) is 39.5 Å². The lowest BCUT2D eigenvalue weighted by Crippen LogP contribution is -2.54. The third-order valence-electron chi connectivity index (χ3n) is 6.00. The second kappa shape index (κ2) is 13.0. The Balaban J connectivity index is 1.47. The van der Waals surface area contributed by atoms with Crippen LogP contribution in [0.25, 0.3) is 0 Å². The van der Waals surface area contributed by atoms with Crippen molar-refractivity contribution in [1.82, 2.24) is 0 Å². The fourth-order valence-corrected chi connectivity index (χ4v) is 4.19. The van der Waals surface area contributed by atoms with Crippen molar-refractivity contribution in [1.29, 1.82) is 5.26 Å². The molecule has 34 heavy (non-hydrogen) atoms. The van der Waals surface area contributed by atoms with E-state index in [9.17, 15) is 5.26 Å². The molecule has 0 unspecified atom stereocenters. The van der Waals surface area contributed by atoms with E-state index in [0.717, 1.165) is 16.7 Å². The van der Waals surface area contributed by atoms with Gasteiger partial charge in [0.05, 0.1) is 45.2 Å². The average molecular weight is 458 g/mol. The molecule has 0 spiro atoms. The molecule has 0 aromatic heterocycles. The number of nitrogens with zero attached hydrogens (tertiary/aromatic N) is 1. The zero-order chi connectivity index (χ0) is 23.4. The van der Waals surface area contributed by atoms with Crippen molar-refractivity contribution in [3.05, 3.63) is 108 Å². The molecular weight excluding hydrogens is 426 g/mol. The highest BCUT2D eigenvalue weighted by Crippen LogP contribution is 2.30. The molecule has 1 aliphatic rings. The summed E-state index contributed by atoms with van der Waals surface area (Å²) in [5.74, 6) is -0.0696. The molecule has 5 nitrogen and oxygen atoms in total. The molecule has 0 amide bonds. The highest BCUT2D eigenvalue weighted by molar-refractivity contribution is 5.15.